The summed E-state index contributed by atoms with van der Waals surface area (Å²) in [5, 5.41) is 0. The number of rotatable bonds is 3. The van der Waals surface area contributed by atoms with E-state index in [-0.39, 0.29) is 5.92 Å². The molecule has 1 aromatic rings. The van der Waals surface area contributed by atoms with E-state index in [4.69, 9.17) is 11.6 Å². The summed E-state index contributed by atoms with van der Waals surface area (Å²) in [6, 6.07) is 3.61. The topological polar surface area (TPSA) is 0 Å². The van der Waals surface area contributed by atoms with Crippen molar-refractivity contribution in [3.05, 3.63) is 35.4 Å². The Morgan fingerprint density at radius 2 is 2.08 bits per heavy atom. The second-order valence-electron chi connectivity index (χ2n) is 2.93. The van der Waals surface area contributed by atoms with Gasteiger partial charge in [-0.1, -0.05) is 13.0 Å². The number of alkyl halides is 1. The minimum atomic E-state index is -0.550. The van der Waals surface area contributed by atoms with Crippen molar-refractivity contribution >= 4 is 11.6 Å². The van der Waals surface area contributed by atoms with Crippen molar-refractivity contribution in [2.75, 3.05) is 5.88 Å². The third-order valence-corrected chi connectivity index (χ3v) is 2.45. The molecule has 72 valence electrons. The Morgan fingerprint density at radius 1 is 1.38 bits per heavy atom. The summed E-state index contributed by atoms with van der Waals surface area (Å²) in [7, 11) is 0. The first-order valence-corrected chi connectivity index (χ1v) is 4.73. The van der Waals surface area contributed by atoms with Gasteiger partial charge in [0.05, 0.1) is 0 Å². The summed E-state index contributed by atoms with van der Waals surface area (Å²) in [5.41, 5.74) is 0.499. The van der Waals surface area contributed by atoms with Crippen molar-refractivity contribution in [1.82, 2.24) is 0 Å². The second-order valence-corrected chi connectivity index (χ2v) is 3.23. The van der Waals surface area contributed by atoms with E-state index >= 15 is 0 Å². The molecule has 0 spiro atoms. The number of benzene rings is 1. The van der Waals surface area contributed by atoms with Crippen LogP contribution in [-0.4, -0.2) is 5.88 Å². The molecule has 0 aliphatic carbocycles. The number of hydrogen-bond donors (Lipinski definition) is 0. The summed E-state index contributed by atoms with van der Waals surface area (Å²) in [4.78, 5) is 0. The van der Waals surface area contributed by atoms with Crippen LogP contribution < -0.4 is 0 Å². The first kappa shape index (κ1) is 10.5. The maximum Gasteiger partial charge on any atom is 0.129 e. The van der Waals surface area contributed by atoms with Gasteiger partial charge < -0.3 is 0 Å². The molecule has 0 fully saturated rings. The lowest BCUT2D eigenvalue weighted by molar-refractivity contribution is 0.557. The maximum atomic E-state index is 13.2. The highest BCUT2D eigenvalue weighted by molar-refractivity contribution is 6.18. The largest absolute Gasteiger partial charge is 0.207 e. The molecule has 3 heteroatoms. The highest BCUT2D eigenvalue weighted by Gasteiger charge is 2.13. The van der Waals surface area contributed by atoms with Gasteiger partial charge in [-0.15, -0.1) is 11.6 Å². The molecule has 0 nitrogen and oxygen atoms in total. The molecule has 1 unspecified atom stereocenters. The monoisotopic (exact) mass is 204 g/mol. The molecule has 0 bridgehead atoms. The molecule has 0 N–H and O–H groups in total. The molecule has 1 aromatic carbocycles. The fourth-order valence-corrected chi connectivity index (χ4v) is 1.63. The predicted octanol–water partition coefficient (Wildman–Crippen LogP) is 3.70. The Labute approximate surface area is 81.5 Å². The van der Waals surface area contributed by atoms with Crippen LogP contribution in [0, 0.1) is 11.6 Å². The standard InChI is InChI=1S/C10H11ClF2/c1-2-7(6-11)9-4-3-8(12)5-10(9)13/h3-5,7H,2,6H2,1H3. The molecule has 0 aliphatic rings. The first-order valence-electron chi connectivity index (χ1n) is 4.20. The average Bonchev–Trinajstić information content (AvgIpc) is 2.10. The Hall–Kier alpha value is -0.630. The van der Waals surface area contributed by atoms with Crippen LogP contribution >= 0.6 is 11.6 Å². The lowest BCUT2D eigenvalue weighted by Gasteiger charge is -2.12. The maximum absolute atomic E-state index is 13.2. The molecule has 0 saturated heterocycles. The molecule has 0 aromatic heterocycles. The highest BCUT2D eigenvalue weighted by atomic mass is 35.5. The number of hydrogen-bond acceptors (Lipinski definition) is 0. The predicted molar refractivity (Wildman–Crippen MR) is 50.1 cm³/mol. The van der Waals surface area contributed by atoms with E-state index in [0.717, 1.165) is 12.5 Å². The molecule has 0 aliphatic heterocycles. The molecule has 0 saturated carbocycles. The van der Waals surface area contributed by atoms with E-state index in [1.54, 1.807) is 0 Å². The van der Waals surface area contributed by atoms with Gasteiger partial charge in [-0.3, -0.25) is 0 Å². The van der Waals surface area contributed by atoms with Gasteiger partial charge in [0.2, 0.25) is 0 Å². The summed E-state index contributed by atoms with van der Waals surface area (Å²) in [6.45, 7) is 1.93. The third kappa shape index (κ3) is 2.41. The van der Waals surface area contributed by atoms with E-state index in [1.165, 1.54) is 12.1 Å². The van der Waals surface area contributed by atoms with Crippen molar-refractivity contribution in [3.8, 4) is 0 Å². The zero-order chi connectivity index (χ0) is 9.84. The first-order chi connectivity index (χ1) is 6.19. The lowest BCUT2D eigenvalue weighted by Crippen LogP contribution is -2.02. The van der Waals surface area contributed by atoms with E-state index in [1.807, 2.05) is 6.92 Å². The van der Waals surface area contributed by atoms with Crippen LogP contribution in [0.4, 0.5) is 8.78 Å². The molecule has 1 atom stereocenters. The molecular formula is C10H11ClF2. The van der Waals surface area contributed by atoms with Crippen LogP contribution in [0.1, 0.15) is 24.8 Å². The third-order valence-electron chi connectivity index (χ3n) is 2.08. The Balaban J connectivity index is 2.99. The van der Waals surface area contributed by atoms with E-state index in [9.17, 15) is 8.78 Å². The van der Waals surface area contributed by atoms with Crippen LogP contribution in [0.2, 0.25) is 0 Å². The number of halogens is 3. The SMILES string of the molecule is CCC(CCl)c1ccc(F)cc1F. The van der Waals surface area contributed by atoms with Gasteiger partial charge in [0.25, 0.3) is 0 Å². The normalized spacial score (nSPS) is 12.9. The second kappa shape index (κ2) is 4.56. The van der Waals surface area contributed by atoms with Gasteiger partial charge in [0.15, 0.2) is 0 Å². The highest BCUT2D eigenvalue weighted by Crippen LogP contribution is 2.23. The van der Waals surface area contributed by atoms with E-state index in [0.29, 0.717) is 11.4 Å². The summed E-state index contributed by atoms with van der Waals surface area (Å²) < 4.78 is 25.7. The lowest BCUT2D eigenvalue weighted by atomic mass is 9.98. The smallest absolute Gasteiger partial charge is 0.129 e. The zero-order valence-corrected chi connectivity index (χ0v) is 8.11. The van der Waals surface area contributed by atoms with Gasteiger partial charge in [-0.2, -0.15) is 0 Å². The van der Waals surface area contributed by atoms with Crippen LogP contribution in [0.3, 0.4) is 0 Å². The van der Waals surface area contributed by atoms with Crippen LogP contribution in [0.25, 0.3) is 0 Å². The Kier molecular flexibility index (Phi) is 3.67. The minimum Gasteiger partial charge on any atom is -0.207 e. The average molecular weight is 205 g/mol. The molecular weight excluding hydrogens is 194 g/mol. The van der Waals surface area contributed by atoms with Crippen LogP contribution in [-0.2, 0) is 0 Å². The van der Waals surface area contributed by atoms with E-state index < -0.39 is 11.6 Å². The minimum absolute atomic E-state index is 0.0257. The summed E-state index contributed by atoms with van der Waals surface area (Å²) >= 11 is 5.65. The molecule has 1 rings (SSSR count). The van der Waals surface area contributed by atoms with Crippen molar-refractivity contribution in [3.63, 3.8) is 0 Å². The molecule has 0 amide bonds. The Morgan fingerprint density at radius 3 is 2.54 bits per heavy atom. The fourth-order valence-electron chi connectivity index (χ4n) is 1.24. The van der Waals surface area contributed by atoms with Gasteiger partial charge >= 0.3 is 0 Å². The van der Waals surface area contributed by atoms with Crippen LogP contribution in [0.15, 0.2) is 18.2 Å². The fraction of sp³-hybridized carbons (Fsp3) is 0.400. The van der Waals surface area contributed by atoms with Crippen LogP contribution in [0.5, 0.6) is 0 Å². The molecule has 0 radical (unpaired) electrons. The molecule has 0 heterocycles. The van der Waals surface area contributed by atoms with Gasteiger partial charge in [0.1, 0.15) is 11.6 Å². The quantitative estimate of drug-likeness (QED) is 0.659. The van der Waals surface area contributed by atoms with Crippen molar-refractivity contribution in [2.24, 2.45) is 0 Å². The van der Waals surface area contributed by atoms with Gasteiger partial charge in [-0.05, 0) is 18.1 Å². The van der Waals surface area contributed by atoms with Gasteiger partial charge in [0, 0.05) is 17.9 Å². The summed E-state index contributed by atoms with van der Waals surface area (Å²) in [6.07, 6.45) is 0.756. The molecule has 13 heavy (non-hydrogen) atoms. The van der Waals surface area contributed by atoms with Crippen molar-refractivity contribution in [2.45, 2.75) is 19.3 Å². The summed E-state index contributed by atoms with van der Waals surface area (Å²) in [5.74, 6) is -0.723. The van der Waals surface area contributed by atoms with Gasteiger partial charge in [-0.25, -0.2) is 8.78 Å². The zero-order valence-electron chi connectivity index (χ0n) is 7.36. The van der Waals surface area contributed by atoms with E-state index in [2.05, 4.69) is 0 Å². The van der Waals surface area contributed by atoms with Crippen molar-refractivity contribution in [1.29, 1.82) is 0 Å². The van der Waals surface area contributed by atoms with Crippen molar-refractivity contribution < 1.29 is 8.78 Å². The Bertz CT molecular complexity index is 282.